The molecule has 2 aliphatic heterocycles. The number of nitrogens with zero attached hydrogens (tertiary/aromatic N) is 2. The van der Waals surface area contributed by atoms with Gasteiger partial charge in [-0.2, -0.15) is 0 Å². The van der Waals surface area contributed by atoms with Crippen LogP contribution < -0.4 is 15.4 Å². The molecule has 0 saturated carbocycles. The molecular weight excluding hydrogens is 340 g/mol. The van der Waals surface area contributed by atoms with E-state index in [0.29, 0.717) is 5.92 Å². The number of aliphatic imine (C=N–C) groups is 1. The summed E-state index contributed by atoms with van der Waals surface area (Å²) in [6, 6.07) is 8.51. The van der Waals surface area contributed by atoms with Crippen molar-refractivity contribution in [1.29, 1.82) is 0 Å². The van der Waals surface area contributed by atoms with Gasteiger partial charge in [0.05, 0.1) is 6.61 Å². The third-order valence-electron chi connectivity index (χ3n) is 5.23. The van der Waals surface area contributed by atoms with Crippen LogP contribution in [0, 0.1) is 5.92 Å². The highest BCUT2D eigenvalue weighted by atomic mass is 16.5. The van der Waals surface area contributed by atoms with Crippen LogP contribution in [-0.2, 0) is 4.79 Å². The topological polar surface area (TPSA) is 66.0 Å². The highest BCUT2D eigenvalue weighted by Gasteiger charge is 2.28. The fourth-order valence-corrected chi connectivity index (χ4v) is 3.76. The monoisotopic (exact) mass is 372 g/mol. The molecule has 3 rings (SSSR count). The van der Waals surface area contributed by atoms with Gasteiger partial charge in [0.1, 0.15) is 5.75 Å². The minimum atomic E-state index is 0.0549. The van der Waals surface area contributed by atoms with E-state index in [-0.39, 0.29) is 17.9 Å². The summed E-state index contributed by atoms with van der Waals surface area (Å²) in [4.78, 5) is 19.0. The van der Waals surface area contributed by atoms with E-state index >= 15 is 0 Å². The van der Waals surface area contributed by atoms with Crippen LogP contribution in [0.2, 0.25) is 0 Å². The molecule has 0 aliphatic carbocycles. The predicted molar refractivity (Wildman–Crippen MR) is 108 cm³/mol. The Morgan fingerprint density at radius 2 is 2.15 bits per heavy atom. The number of guanidine groups is 1. The van der Waals surface area contributed by atoms with Crippen LogP contribution >= 0.6 is 0 Å². The summed E-state index contributed by atoms with van der Waals surface area (Å²) >= 11 is 0. The number of likely N-dealkylation sites (tertiary alicyclic amines) is 1. The average molecular weight is 373 g/mol. The maximum absolute atomic E-state index is 12.2. The second kappa shape index (κ2) is 9.11. The number of nitrogens with one attached hydrogen (secondary N) is 2. The molecule has 0 radical (unpaired) electrons. The molecular formula is C21H32N4O2. The van der Waals surface area contributed by atoms with E-state index < -0.39 is 0 Å². The van der Waals surface area contributed by atoms with E-state index in [1.807, 2.05) is 30.9 Å². The van der Waals surface area contributed by atoms with Crippen LogP contribution in [0.1, 0.15) is 45.1 Å². The zero-order valence-corrected chi connectivity index (χ0v) is 16.7. The summed E-state index contributed by atoms with van der Waals surface area (Å²) in [5, 5.41) is 6.86. The first kappa shape index (κ1) is 19.5. The molecule has 6 nitrogen and oxygen atoms in total. The maximum Gasteiger partial charge on any atom is 0.225 e. The van der Waals surface area contributed by atoms with Crippen molar-refractivity contribution in [3.05, 3.63) is 29.8 Å². The molecule has 148 valence electrons. The van der Waals surface area contributed by atoms with Crippen LogP contribution in [0.5, 0.6) is 5.75 Å². The number of hydrogen-bond acceptors (Lipinski definition) is 3. The van der Waals surface area contributed by atoms with E-state index in [4.69, 9.17) is 9.73 Å². The third-order valence-corrected chi connectivity index (χ3v) is 5.23. The molecule has 1 aromatic carbocycles. The molecule has 2 N–H and O–H groups in total. The standard InChI is InChI=1S/C21H32N4O2/c1-4-22-21(24-17-9-11-25(14-17)20(26)15(2)3)23-13-16-10-12-27-19-8-6-5-7-18(16)19/h5-8,15-17H,4,9-14H2,1-3H3,(H2,22,23,24). The lowest BCUT2D eigenvalue weighted by molar-refractivity contribution is -0.133. The third kappa shape index (κ3) is 4.93. The number of amides is 1. The van der Waals surface area contributed by atoms with Gasteiger partial charge >= 0.3 is 0 Å². The summed E-state index contributed by atoms with van der Waals surface area (Å²) in [6.45, 7) is 9.86. The molecule has 1 saturated heterocycles. The molecule has 0 spiro atoms. The summed E-state index contributed by atoms with van der Waals surface area (Å²) in [5.74, 6) is 2.50. The van der Waals surface area contributed by atoms with Crippen LogP contribution in [0.4, 0.5) is 0 Å². The second-order valence-electron chi connectivity index (χ2n) is 7.66. The molecule has 0 bridgehead atoms. The van der Waals surface area contributed by atoms with E-state index in [1.165, 1.54) is 5.56 Å². The van der Waals surface area contributed by atoms with Crippen molar-refractivity contribution in [2.24, 2.45) is 10.9 Å². The molecule has 0 aromatic heterocycles. The first-order valence-electron chi connectivity index (χ1n) is 10.1. The Bertz CT molecular complexity index is 674. The molecule has 1 aromatic rings. The molecule has 27 heavy (non-hydrogen) atoms. The summed E-state index contributed by atoms with van der Waals surface area (Å²) in [7, 11) is 0. The number of benzene rings is 1. The highest BCUT2D eigenvalue weighted by Crippen LogP contribution is 2.33. The Morgan fingerprint density at radius 1 is 1.33 bits per heavy atom. The van der Waals surface area contributed by atoms with Gasteiger partial charge in [-0.05, 0) is 31.4 Å². The van der Waals surface area contributed by atoms with Crippen LogP contribution in [-0.4, -0.2) is 55.6 Å². The van der Waals surface area contributed by atoms with Crippen molar-refractivity contribution in [2.75, 3.05) is 32.8 Å². The van der Waals surface area contributed by atoms with E-state index in [0.717, 1.165) is 57.3 Å². The fourth-order valence-electron chi connectivity index (χ4n) is 3.76. The van der Waals surface area contributed by atoms with Crippen molar-refractivity contribution in [3.8, 4) is 5.75 Å². The van der Waals surface area contributed by atoms with Crippen LogP contribution in [0.25, 0.3) is 0 Å². The first-order valence-corrected chi connectivity index (χ1v) is 10.1. The van der Waals surface area contributed by atoms with E-state index in [9.17, 15) is 4.79 Å². The van der Waals surface area contributed by atoms with Crippen LogP contribution in [0.15, 0.2) is 29.3 Å². The lowest BCUT2D eigenvalue weighted by atomic mass is 9.93. The van der Waals surface area contributed by atoms with E-state index in [2.05, 4.69) is 29.7 Å². The number of ether oxygens (including phenoxy) is 1. The summed E-state index contributed by atoms with van der Waals surface area (Å²) in [5.41, 5.74) is 1.25. The van der Waals surface area contributed by atoms with Gasteiger partial charge in [-0.3, -0.25) is 9.79 Å². The van der Waals surface area contributed by atoms with Gasteiger partial charge in [0.2, 0.25) is 5.91 Å². The van der Waals surface area contributed by atoms with Gasteiger partial charge in [-0.1, -0.05) is 32.0 Å². The number of rotatable bonds is 5. The van der Waals surface area contributed by atoms with Crippen molar-refractivity contribution in [3.63, 3.8) is 0 Å². The first-order chi connectivity index (χ1) is 13.1. The molecule has 1 amide bonds. The van der Waals surface area contributed by atoms with Gasteiger partial charge < -0.3 is 20.3 Å². The lowest BCUT2D eigenvalue weighted by Crippen LogP contribution is -2.45. The summed E-state index contributed by atoms with van der Waals surface area (Å²) < 4.78 is 5.75. The smallest absolute Gasteiger partial charge is 0.225 e. The van der Waals surface area contributed by atoms with Crippen LogP contribution in [0.3, 0.4) is 0 Å². The maximum atomic E-state index is 12.2. The van der Waals surface area contributed by atoms with Gasteiger partial charge in [0, 0.05) is 44.1 Å². The largest absolute Gasteiger partial charge is 0.493 e. The Kier molecular flexibility index (Phi) is 6.58. The zero-order valence-electron chi connectivity index (χ0n) is 16.7. The lowest BCUT2D eigenvalue weighted by Gasteiger charge is -2.25. The van der Waals surface area contributed by atoms with Gasteiger partial charge in [-0.25, -0.2) is 0 Å². The van der Waals surface area contributed by atoms with Gasteiger partial charge in [0.15, 0.2) is 5.96 Å². The molecule has 1 fully saturated rings. The number of fused-ring (bicyclic) bond motifs is 1. The Morgan fingerprint density at radius 3 is 2.93 bits per heavy atom. The molecule has 2 aliphatic rings. The van der Waals surface area contributed by atoms with Gasteiger partial charge in [-0.15, -0.1) is 0 Å². The predicted octanol–water partition coefficient (Wildman–Crippen LogP) is 2.36. The molecule has 2 heterocycles. The fraction of sp³-hybridized carbons (Fsp3) is 0.619. The van der Waals surface area contributed by atoms with Gasteiger partial charge in [0.25, 0.3) is 0 Å². The number of para-hydroxylation sites is 1. The van der Waals surface area contributed by atoms with Crippen molar-refractivity contribution in [1.82, 2.24) is 15.5 Å². The minimum Gasteiger partial charge on any atom is -0.493 e. The minimum absolute atomic E-state index is 0.0549. The molecule has 6 heteroatoms. The Labute approximate surface area is 162 Å². The molecule has 2 unspecified atom stereocenters. The molecule has 2 atom stereocenters. The number of carbonyl (C=O) groups excluding carboxylic acids is 1. The average Bonchev–Trinajstić information content (AvgIpc) is 3.14. The van der Waals surface area contributed by atoms with Crippen molar-refractivity contribution >= 4 is 11.9 Å². The summed E-state index contributed by atoms with van der Waals surface area (Å²) in [6.07, 6.45) is 1.95. The van der Waals surface area contributed by atoms with E-state index in [1.54, 1.807) is 0 Å². The Hall–Kier alpha value is -2.24. The van der Waals surface area contributed by atoms with Crippen molar-refractivity contribution < 1.29 is 9.53 Å². The number of carbonyl (C=O) groups is 1. The quantitative estimate of drug-likeness (QED) is 0.615. The number of hydrogen-bond donors (Lipinski definition) is 2. The SMILES string of the molecule is CCNC(=NCC1CCOc2ccccc21)NC1CCN(C(=O)C(C)C)C1. The second-order valence-corrected chi connectivity index (χ2v) is 7.66. The Balaban J connectivity index is 1.60. The highest BCUT2D eigenvalue weighted by molar-refractivity contribution is 5.81. The normalized spacial score (nSPS) is 22.4. The van der Waals surface area contributed by atoms with Crippen molar-refractivity contribution in [2.45, 2.75) is 45.6 Å². The zero-order chi connectivity index (χ0) is 19.2.